The SMILES string of the molecule is CCC(N)Cc1ccc(OCc2ccc(F)c(Cl)c2)cn1. The van der Waals surface area contributed by atoms with E-state index in [1.54, 1.807) is 18.3 Å². The van der Waals surface area contributed by atoms with Crippen LogP contribution in [0.15, 0.2) is 36.5 Å². The first kappa shape index (κ1) is 15.7. The molecule has 0 radical (unpaired) electrons. The molecule has 3 nitrogen and oxygen atoms in total. The Bertz CT molecular complexity index is 589. The van der Waals surface area contributed by atoms with Crippen LogP contribution in [0.1, 0.15) is 24.6 Å². The molecule has 1 heterocycles. The highest BCUT2D eigenvalue weighted by atomic mass is 35.5. The van der Waals surface area contributed by atoms with Gasteiger partial charge in [-0.1, -0.05) is 24.6 Å². The van der Waals surface area contributed by atoms with Crippen LogP contribution >= 0.6 is 11.6 Å². The highest BCUT2D eigenvalue weighted by molar-refractivity contribution is 6.30. The number of halogens is 2. The number of hydrogen-bond acceptors (Lipinski definition) is 3. The van der Waals surface area contributed by atoms with Gasteiger partial charge in [-0.2, -0.15) is 0 Å². The van der Waals surface area contributed by atoms with Gasteiger partial charge in [0.25, 0.3) is 0 Å². The maximum atomic E-state index is 13.0. The van der Waals surface area contributed by atoms with Gasteiger partial charge in [0.1, 0.15) is 18.2 Å². The number of aromatic nitrogens is 1. The summed E-state index contributed by atoms with van der Waals surface area (Å²) in [5.41, 5.74) is 7.64. The number of hydrogen-bond donors (Lipinski definition) is 1. The molecule has 0 aliphatic rings. The molecule has 0 saturated heterocycles. The average Bonchev–Trinajstić information content (AvgIpc) is 2.50. The summed E-state index contributed by atoms with van der Waals surface area (Å²) in [6.45, 7) is 2.37. The zero-order valence-corrected chi connectivity index (χ0v) is 12.6. The maximum Gasteiger partial charge on any atom is 0.141 e. The Morgan fingerprint density at radius 3 is 2.76 bits per heavy atom. The summed E-state index contributed by atoms with van der Waals surface area (Å²) in [6.07, 6.45) is 3.35. The lowest BCUT2D eigenvalue weighted by molar-refractivity contribution is 0.304. The minimum atomic E-state index is -0.432. The molecule has 0 aliphatic carbocycles. The van der Waals surface area contributed by atoms with E-state index >= 15 is 0 Å². The van der Waals surface area contributed by atoms with Crippen molar-refractivity contribution in [2.45, 2.75) is 32.4 Å². The number of pyridine rings is 1. The van der Waals surface area contributed by atoms with Crippen molar-refractivity contribution in [3.8, 4) is 5.75 Å². The fourth-order valence-corrected chi connectivity index (χ4v) is 2.03. The maximum absolute atomic E-state index is 13.0. The first-order valence-corrected chi connectivity index (χ1v) is 7.23. The first-order chi connectivity index (χ1) is 10.1. The van der Waals surface area contributed by atoms with Gasteiger partial charge < -0.3 is 10.5 Å². The Kier molecular flexibility index (Phi) is 5.53. The molecule has 0 amide bonds. The van der Waals surface area contributed by atoms with Crippen LogP contribution in [-0.2, 0) is 13.0 Å². The van der Waals surface area contributed by atoms with Crippen molar-refractivity contribution in [2.75, 3.05) is 0 Å². The minimum Gasteiger partial charge on any atom is -0.487 e. The normalized spacial score (nSPS) is 12.2. The van der Waals surface area contributed by atoms with E-state index in [0.29, 0.717) is 12.4 Å². The van der Waals surface area contributed by atoms with Crippen molar-refractivity contribution < 1.29 is 9.13 Å². The molecule has 2 N–H and O–H groups in total. The zero-order chi connectivity index (χ0) is 15.2. The second kappa shape index (κ2) is 7.38. The van der Waals surface area contributed by atoms with E-state index in [2.05, 4.69) is 11.9 Å². The topological polar surface area (TPSA) is 48.1 Å². The molecule has 1 atom stereocenters. The molecular formula is C16H18ClFN2O. The van der Waals surface area contributed by atoms with E-state index in [0.717, 1.165) is 24.1 Å². The molecule has 0 aliphatic heterocycles. The summed E-state index contributed by atoms with van der Waals surface area (Å²) >= 11 is 5.72. The molecular weight excluding hydrogens is 291 g/mol. The smallest absolute Gasteiger partial charge is 0.141 e. The van der Waals surface area contributed by atoms with E-state index in [-0.39, 0.29) is 11.1 Å². The molecule has 0 saturated carbocycles. The van der Waals surface area contributed by atoms with Crippen LogP contribution in [0.4, 0.5) is 4.39 Å². The summed E-state index contributed by atoms with van der Waals surface area (Å²) in [5, 5.41) is 0.0955. The van der Waals surface area contributed by atoms with Crippen LogP contribution < -0.4 is 10.5 Å². The van der Waals surface area contributed by atoms with Crippen LogP contribution in [-0.4, -0.2) is 11.0 Å². The number of benzene rings is 1. The molecule has 2 aromatic rings. The largest absolute Gasteiger partial charge is 0.487 e. The molecule has 21 heavy (non-hydrogen) atoms. The van der Waals surface area contributed by atoms with Gasteiger partial charge in [0.15, 0.2) is 0 Å². The zero-order valence-electron chi connectivity index (χ0n) is 11.9. The van der Waals surface area contributed by atoms with Crippen LogP contribution in [0, 0.1) is 5.82 Å². The number of nitrogens with two attached hydrogens (primary N) is 1. The predicted octanol–water partition coefficient (Wildman–Crippen LogP) is 3.73. The van der Waals surface area contributed by atoms with Gasteiger partial charge in [0.05, 0.1) is 11.2 Å². The molecule has 1 unspecified atom stereocenters. The fourth-order valence-electron chi connectivity index (χ4n) is 1.83. The van der Waals surface area contributed by atoms with Gasteiger partial charge in [-0.25, -0.2) is 4.39 Å². The standard InChI is InChI=1S/C16H18ClFN2O/c1-2-12(19)8-13-4-5-14(9-20-13)21-10-11-3-6-16(18)15(17)7-11/h3-7,9,12H,2,8,10,19H2,1H3. The molecule has 1 aromatic heterocycles. The Morgan fingerprint density at radius 1 is 1.33 bits per heavy atom. The van der Waals surface area contributed by atoms with Gasteiger partial charge in [-0.15, -0.1) is 0 Å². The molecule has 0 spiro atoms. The minimum absolute atomic E-state index is 0.0955. The lowest BCUT2D eigenvalue weighted by Crippen LogP contribution is -2.21. The number of ether oxygens (including phenoxy) is 1. The fraction of sp³-hybridized carbons (Fsp3) is 0.312. The third-order valence-corrected chi connectivity index (χ3v) is 3.47. The summed E-state index contributed by atoms with van der Waals surface area (Å²) < 4.78 is 18.6. The van der Waals surface area contributed by atoms with Crippen LogP contribution in [0.3, 0.4) is 0 Å². The summed E-state index contributed by atoms with van der Waals surface area (Å²) in [7, 11) is 0. The third kappa shape index (κ3) is 4.69. The Labute approximate surface area is 128 Å². The molecule has 0 bridgehead atoms. The highest BCUT2D eigenvalue weighted by Crippen LogP contribution is 2.18. The van der Waals surface area contributed by atoms with E-state index < -0.39 is 5.82 Å². The third-order valence-electron chi connectivity index (χ3n) is 3.18. The highest BCUT2D eigenvalue weighted by Gasteiger charge is 2.04. The van der Waals surface area contributed by atoms with Crippen LogP contribution in [0.25, 0.3) is 0 Å². The van der Waals surface area contributed by atoms with Crippen molar-refractivity contribution in [1.29, 1.82) is 0 Å². The van der Waals surface area contributed by atoms with E-state index in [4.69, 9.17) is 22.1 Å². The van der Waals surface area contributed by atoms with Gasteiger partial charge in [0.2, 0.25) is 0 Å². The van der Waals surface area contributed by atoms with E-state index in [9.17, 15) is 4.39 Å². The Balaban J connectivity index is 1.92. The first-order valence-electron chi connectivity index (χ1n) is 6.85. The van der Waals surface area contributed by atoms with Crippen molar-refractivity contribution in [3.63, 3.8) is 0 Å². The molecule has 1 aromatic carbocycles. The Morgan fingerprint density at radius 2 is 2.14 bits per heavy atom. The van der Waals surface area contributed by atoms with Crippen LogP contribution in [0.5, 0.6) is 5.75 Å². The molecule has 112 valence electrons. The predicted molar refractivity (Wildman–Crippen MR) is 81.9 cm³/mol. The monoisotopic (exact) mass is 308 g/mol. The summed E-state index contributed by atoms with van der Waals surface area (Å²) in [5.74, 6) is 0.225. The van der Waals surface area contributed by atoms with Crippen molar-refractivity contribution >= 4 is 11.6 Å². The van der Waals surface area contributed by atoms with Gasteiger partial charge in [0, 0.05) is 18.2 Å². The lowest BCUT2D eigenvalue weighted by Gasteiger charge is -2.09. The lowest BCUT2D eigenvalue weighted by atomic mass is 10.1. The average molecular weight is 309 g/mol. The molecule has 2 rings (SSSR count). The second-order valence-electron chi connectivity index (χ2n) is 4.89. The van der Waals surface area contributed by atoms with Crippen molar-refractivity contribution in [2.24, 2.45) is 5.73 Å². The quantitative estimate of drug-likeness (QED) is 0.884. The van der Waals surface area contributed by atoms with Gasteiger partial charge in [-0.05, 0) is 36.2 Å². The van der Waals surface area contributed by atoms with Gasteiger partial charge in [-0.3, -0.25) is 4.98 Å². The van der Waals surface area contributed by atoms with E-state index in [1.165, 1.54) is 6.07 Å². The van der Waals surface area contributed by atoms with Crippen LogP contribution in [0.2, 0.25) is 5.02 Å². The summed E-state index contributed by atoms with van der Waals surface area (Å²) in [4.78, 5) is 4.32. The Hall–Kier alpha value is -1.65. The van der Waals surface area contributed by atoms with Crippen molar-refractivity contribution in [1.82, 2.24) is 4.98 Å². The number of rotatable bonds is 6. The second-order valence-corrected chi connectivity index (χ2v) is 5.30. The molecule has 0 fully saturated rings. The van der Waals surface area contributed by atoms with Gasteiger partial charge >= 0.3 is 0 Å². The van der Waals surface area contributed by atoms with E-state index in [1.807, 2.05) is 12.1 Å². The number of nitrogens with zero attached hydrogens (tertiary/aromatic N) is 1. The summed E-state index contributed by atoms with van der Waals surface area (Å²) in [6, 6.07) is 8.42. The molecule has 5 heteroatoms. The van der Waals surface area contributed by atoms with Crippen molar-refractivity contribution in [3.05, 3.63) is 58.6 Å².